The van der Waals surface area contributed by atoms with E-state index in [1.807, 2.05) is 6.92 Å². The van der Waals surface area contributed by atoms with Crippen molar-refractivity contribution < 1.29 is 13.9 Å². The number of aromatic nitrogens is 1. The summed E-state index contributed by atoms with van der Waals surface area (Å²) in [4.78, 5) is 16.6. The maximum absolute atomic E-state index is 13.7. The number of ether oxygens (including phenoxy) is 1. The van der Waals surface area contributed by atoms with Crippen molar-refractivity contribution in [3.8, 4) is 5.75 Å². The van der Waals surface area contributed by atoms with Crippen molar-refractivity contribution in [1.82, 2.24) is 4.98 Å². The van der Waals surface area contributed by atoms with E-state index in [-0.39, 0.29) is 11.5 Å². The third-order valence-electron chi connectivity index (χ3n) is 3.88. The number of methoxy groups -OCH3 is 1. The number of aryl methyl sites for hydroxylation is 1. The summed E-state index contributed by atoms with van der Waals surface area (Å²) in [5, 5.41) is 6.22. The number of hydrogen-bond donors (Lipinski definition) is 2. The summed E-state index contributed by atoms with van der Waals surface area (Å²) in [5.41, 5.74) is 2.42. The monoisotopic (exact) mass is 385 g/mol. The van der Waals surface area contributed by atoms with Crippen LogP contribution in [0.2, 0.25) is 5.02 Å². The molecule has 3 aromatic rings. The first-order valence-corrected chi connectivity index (χ1v) is 8.49. The minimum Gasteiger partial charge on any atom is -0.495 e. The minimum absolute atomic E-state index is 0.212. The van der Waals surface area contributed by atoms with Crippen LogP contribution in [0.5, 0.6) is 5.75 Å². The Morgan fingerprint density at radius 1 is 1.15 bits per heavy atom. The Kier molecular flexibility index (Phi) is 5.57. The SMILES string of the molecule is COc1cc(Cl)c(C)cc1NC(=O)c1ccc(Nc2ccccc2F)cn1. The summed E-state index contributed by atoms with van der Waals surface area (Å²) in [5.74, 6) is -0.311. The van der Waals surface area contributed by atoms with Gasteiger partial charge in [0.2, 0.25) is 0 Å². The number of nitrogens with zero attached hydrogens (tertiary/aromatic N) is 1. The van der Waals surface area contributed by atoms with Crippen LogP contribution in [0, 0.1) is 12.7 Å². The fourth-order valence-corrected chi connectivity index (χ4v) is 2.59. The molecule has 3 rings (SSSR count). The molecule has 0 saturated carbocycles. The van der Waals surface area contributed by atoms with Crippen LogP contribution < -0.4 is 15.4 Å². The highest BCUT2D eigenvalue weighted by Crippen LogP contribution is 2.31. The summed E-state index contributed by atoms with van der Waals surface area (Å²) in [6, 6.07) is 12.9. The number of carbonyl (C=O) groups excluding carboxylic acids is 1. The van der Waals surface area contributed by atoms with Crippen LogP contribution in [-0.4, -0.2) is 18.0 Å². The molecule has 0 spiro atoms. The number of amides is 1. The van der Waals surface area contributed by atoms with Crippen LogP contribution in [0.1, 0.15) is 16.1 Å². The van der Waals surface area contributed by atoms with Crippen LogP contribution >= 0.6 is 11.6 Å². The number of pyridine rings is 1. The van der Waals surface area contributed by atoms with Gasteiger partial charge in [-0.15, -0.1) is 0 Å². The highest BCUT2D eigenvalue weighted by atomic mass is 35.5. The summed E-state index contributed by atoms with van der Waals surface area (Å²) in [7, 11) is 1.50. The molecule has 0 aliphatic heterocycles. The number of nitrogens with one attached hydrogen (secondary N) is 2. The topological polar surface area (TPSA) is 63.2 Å². The molecular weight excluding hydrogens is 369 g/mol. The van der Waals surface area contributed by atoms with Crippen molar-refractivity contribution in [1.29, 1.82) is 0 Å². The van der Waals surface area contributed by atoms with Crippen molar-refractivity contribution >= 4 is 34.6 Å². The third kappa shape index (κ3) is 4.35. The van der Waals surface area contributed by atoms with Gasteiger partial charge in [0.05, 0.1) is 30.4 Å². The summed E-state index contributed by atoms with van der Waals surface area (Å²) in [6.07, 6.45) is 1.46. The first kappa shape index (κ1) is 18.7. The molecule has 0 aliphatic carbocycles. The summed E-state index contributed by atoms with van der Waals surface area (Å²) < 4.78 is 18.9. The van der Waals surface area contributed by atoms with Crippen LogP contribution in [0.3, 0.4) is 0 Å². The molecule has 0 unspecified atom stereocenters. The maximum atomic E-state index is 13.7. The fourth-order valence-electron chi connectivity index (χ4n) is 2.44. The van der Waals surface area contributed by atoms with E-state index in [0.29, 0.717) is 27.8 Å². The van der Waals surface area contributed by atoms with Gasteiger partial charge in [-0.05, 0) is 42.8 Å². The zero-order valence-corrected chi connectivity index (χ0v) is 15.5. The number of para-hydroxylation sites is 1. The Hall–Kier alpha value is -3.12. The average molecular weight is 386 g/mol. The van der Waals surface area contributed by atoms with Gasteiger partial charge in [0.1, 0.15) is 17.3 Å². The van der Waals surface area contributed by atoms with Gasteiger partial charge in [-0.2, -0.15) is 0 Å². The van der Waals surface area contributed by atoms with Gasteiger partial charge in [-0.25, -0.2) is 9.37 Å². The molecule has 0 aliphatic rings. The van der Waals surface area contributed by atoms with Gasteiger partial charge >= 0.3 is 0 Å². The molecule has 0 radical (unpaired) electrons. The van der Waals surface area contributed by atoms with Gasteiger partial charge in [0, 0.05) is 11.1 Å². The van der Waals surface area contributed by atoms with E-state index in [4.69, 9.17) is 16.3 Å². The Balaban J connectivity index is 1.75. The Bertz CT molecular complexity index is 977. The molecule has 1 amide bonds. The van der Waals surface area contributed by atoms with Crippen LogP contribution in [-0.2, 0) is 0 Å². The van der Waals surface area contributed by atoms with Crippen molar-refractivity contribution in [2.45, 2.75) is 6.92 Å². The maximum Gasteiger partial charge on any atom is 0.274 e. The van der Waals surface area contributed by atoms with E-state index in [0.717, 1.165) is 5.56 Å². The molecule has 5 nitrogen and oxygen atoms in total. The number of anilines is 3. The summed E-state index contributed by atoms with van der Waals surface area (Å²) >= 11 is 6.07. The van der Waals surface area contributed by atoms with Crippen molar-refractivity contribution in [3.05, 3.63) is 76.8 Å². The van der Waals surface area contributed by atoms with Gasteiger partial charge in [0.25, 0.3) is 5.91 Å². The van der Waals surface area contributed by atoms with Gasteiger partial charge in [-0.3, -0.25) is 4.79 Å². The lowest BCUT2D eigenvalue weighted by molar-refractivity contribution is 0.102. The second-order valence-corrected chi connectivity index (χ2v) is 6.20. The molecular formula is C20H17ClFN3O2. The van der Waals surface area contributed by atoms with Crippen molar-refractivity contribution in [3.63, 3.8) is 0 Å². The first-order valence-electron chi connectivity index (χ1n) is 8.11. The Morgan fingerprint density at radius 3 is 2.59 bits per heavy atom. The van der Waals surface area contributed by atoms with E-state index in [2.05, 4.69) is 15.6 Å². The second kappa shape index (κ2) is 8.05. The lowest BCUT2D eigenvalue weighted by Crippen LogP contribution is -2.14. The van der Waals surface area contributed by atoms with E-state index in [1.54, 1.807) is 42.5 Å². The van der Waals surface area contributed by atoms with Crippen molar-refractivity contribution in [2.75, 3.05) is 17.7 Å². The molecule has 2 aromatic carbocycles. The molecule has 0 fully saturated rings. The highest BCUT2D eigenvalue weighted by Gasteiger charge is 2.13. The zero-order valence-electron chi connectivity index (χ0n) is 14.7. The van der Waals surface area contributed by atoms with E-state index in [9.17, 15) is 9.18 Å². The number of benzene rings is 2. The van der Waals surface area contributed by atoms with Crippen LogP contribution in [0.4, 0.5) is 21.5 Å². The number of carbonyl (C=O) groups is 1. The van der Waals surface area contributed by atoms with E-state index in [1.165, 1.54) is 19.4 Å². The normalized spacial score (nSPS) is 10.4. The first-order chi connectivity index (χ1) is 13.0. The van der Waals surface area contributed by atoms with E-state index >= 15 is 0 Å². The van der Waals surface area contributed by atoms with Gasteiger partial charge in [-0.1, -0.05) is 23.7 Å². The molecule has 0 saturated heterocycles. The fraction of sp³-hybridized carbons (Fsp3) is 0.100. The van der Waals surface area contributed by atoms with Crippen molar-refractivity contribution in [2.24, 2.45) is 0 Å². The Morgan fingerprint density at radius 2 is 1.93 bits per heavy atom. The quantitative estimate of drug-likeness (QED) is 0.634. The lowest BCUT2D eigenvalue weighted by atomic mass is 10.2. The third-order valence-corrected chi connectivity index (χ3v) is 4.29. The van der Waals surface area contributed by atoms with Crippen LogP contribution in [0.25, 0.3) is 0 Å². The predicted molar refractivity (Wildman–Crippen MR) is 105 cm³/mol. The lowest BCUT2D eigenvalue weighted by Gasteiger charge is -2.12. The zero-order chi connectivity index (χ0) is 19.4. The molecule has 0 atom stereocenters. The smallest absolute Gasteiger partial charge is 0.274 e. The second-order valence-electron chi connectivity index (χ2n) is 5.79. The van der Waals surface area contributed by atoms with Crippen LogP contribution in [0.15, 0.2) is 54.7 Å². The summed E-state index contributed by atoms with van der Waals surface area (Å²) in [6.45, 7) is 1.83. The standard InChI is InChI=1S/C20H17ClFN3O2/c1-12-9-18(19(27-2)10-14(12)21)25-20(26)17-8-7-13(11-23-17)24-16-6-4-3-5-15(16)22/h3-11,24H,1-2H3,(H,25,26). The Labute approximate surface area is 161 Å². The number of rotatable bonds is 5. The van der Waals surface area contributed by atoms with Gasteiger partial charge < -0.3 is 15.4 Å². The molecule has 27 heavy (non-hydrogen) atoms. The van der Waals surface area contributed by atoms with E-state index < -0.39 is 5.91 Å². The molecule has 2 N–H and O–H groups in total. The predicted octanol–water partition coefficient (Wildman–Crippen LogP) is 5.19. The molecule has 1 aromatic heterocycles. The largest absolute Gasteiger partial charge is 0.495 e. The molecule has 0 bridgehead atoms. The highest BCUT2D eigenvalue weighted by molar-refractivity contribution is 6.31. The minimum atomic E-state index is -0.396. The average Bonchev–Trinajstić information content (AvgIpc) is 2.67. The number of hydrogen-bond acceptors (Lipinski definition) is 4. The molecule has 138 valence electrons. The number of halogens is 2. The van der Waals surface area contributed by atoms with Gasteiger partial charge in [0.15, 0.2) is 0 Å². The molecule has 1 heterocycles. The molecule has 7 heteroatoms.